The lowest BCUT2D eigenvalue weighted by atomic mass is 9.80. The third-order valence-electron chi connectivity index (χ3n) is 2.34. The third-order valence-corrected chi connectivity index (χ3v) is 2.34. The molecule has 0 amide bonds. The summed E-state index contributed by atoms with van der Waals surface area (Å²) < 4.78 is 5.06. The molecular formula is C8H17NO. The van der Waals surface area contributed by atoms with E-state index in [4.69, 9.17) is 4.74 Å². The van der Waals surface area contributed by atoms with Crippen molar-refractivity contribution in [1.29, 1.82) is 0 Å². The Morgan fingerprint density at radius 3 is 2.40 bits per heavy atom. The van der Waals surface area contributed by atoms with Gasteiger partial charge in [-0.15, -0.1) is 0 Å². The zero-order chi connectivity index (χ0) is 7.56. The number of ether oxygens (including phenoxy) is 1. The van der Waals surface area contributed by atoms with E-state index in [1.807, 2.05) is 0 Å². The van der Waals surface area contributed by atoms with Gasteiger partial charge in [-0.3, -0.25) is 0 Å². The van der Waals surface area contributed by atoms with Crippen LogP contribution in [0.2, 0.25) is 0 Å². The maximum Gasteiger partial charge on any atom is 0.0491 e. The van der Waals surface area contributed by atoms with Crippen LogP contribution >= 0.6 is 0 Å². The van der Waals surface area contributed by atoms with Crippen molar-refractivity contribution in [3.05, 3.63) is 0 Å². The Balaban J connectivity index is 2.06. The molecule has 1 rings (SSSR count). The Hall–Kier alpha value is -0.0800. The van der Waals surface area contributed by atoms with Gasteiger partial charge in [-0.05, 0) is 32.9 Å². The van der Waals surface area contributed by atoms with Crippen molar-refractivity contribution >= 4 is 0 Å². The maximum absolute atomic E-state index is 5.06. The molecular weight excluding hydrogens is 126 g/mol. The molecule has 1 aliphatic carbocycles. The van der Waals surface area contributed by atoms with Crippen LogP contribution in [-0.2, 0) is 4.74 Å². The number of hydrogen-bond acceptors (Lipinski definition) is 2. The summed E-state index contributed by atoms with van der Waals surface area (Å²) in [5.41, 5.74) is 0. The Kier molecular flexibility index (Phi) is 2.69. The molecule has 0 atom stereocenters. The number of rotatable bonds is 3. The number of hydrogen-bond donors (Lipinski definition) is 0. The van der Waals surface area contributed by atoms with Gasteiger partial charge >= 0.3 is 0 Å². The van der Waals surface area contributed by atoms with E-state index in [1.165, 1.54) is 12.8 Å². The van der Waals surface area contributed by atoms with Crippen molar-refractivity contribution in [1.82, 2.24) is 4.90 Å². The van der Waals surface area contributed by atoms with Crippen molar-refractivity contribution in [3.8, 4) is 0 Å². The van der Waals surface area contributed by atoms with Crippen LogP contribution in [-0.4, -0.2) is 38.8 Å². The average molecular weight is 143 g/mol. The first-order chi connectivity index (χ1) is 4.74. The van der Waals surface area contributed by atoms with E-state index >= 15 is 0 Å². The highest BCUT2D eigenvalue weighted by Crippen LogP contribution is 2.30. The van der Waals surface area contributed by atoms with Crippen LogP contribution in [0.15, 0.2) is 0 Å². The van der Waals surface area contributed by atoms with Crippen LogP contribution in [0.25, 0.3) is 0 Å². The molecule has 0 aliphatic heterocycles. The highest BCUT2D eigenvalue weighted by molar-refractivity contribution is 4.84. The van der Waals surface area contributed by atoms with Gasteiger partial charge in [0, 0.05) is 19.8 Å². The Morgan fingerprint density at radius 1 is 1.40 bits per heavy atom. The second-order valence-electron chi connectivity index (χ2n) is 3.41. The van der Waals surface area contributed by atoms with Crippen molar-refractivity contribution < 1.29 is 4.74 Å². The molecule has 10 heavy (non-hydrogen) atoms. The van der Waals surface area contributed by atoms with Gasteiger partial charge in [-0.1, -0.05) is 0 Å². The first kappa shape index (κ1) is 8.02. The second kappa shape index (κ2) is 3.35. The molecule has 0 aromatic carbocycles. The van der Waals surface area contributed by atoms with Crippen molar-refractivity contribution in [3.63, 3.8) is 0 Å². The van der Waals surface area contributed by atoms with Crippen molar-refractivity contribution in [2.24, 2.45) is 5.92 Å². The summed E-state index contributed by atoms with van der Waals surface area (Å²) in [6, 6.07) is 0.820. The highest BCUT2D eigenvalue weighted by Gasteiger charge is 2.29. The standard InChI is InChI=1S/C8H17NO/c1-9(2)8-4-7(5-8)6-10-3/h7-8H,4-6H2,1-3H3. The summed E-state index contributed by atoms with van der Waals surface area (Å²) in [5, 5.41) is 0. The molecule has 0 radical (unpaired) electrons. The van der Waals surface area contributed by atoms with Crippen LogP contribution in [0, 0.1) is 5.92 Å². The lowest BCUT2D eigenvalue weighted by Crippen LogP contribution is -2.41. The fourth-order valence-electron chi connectivity index (χ4n) is 1.49. The molecule has 0 bridgehead atoms. The van der Waals surface area contributed by atoms with Crippen molar-refractivity contribution in [2.75, 3.05) is 27.8 Å². The molecule has 0 aromatic rings. The topological polar surface area (TPSA) is 12.5 Å². The van der Waals surface area contributed by atoms with Crippen LogP contribution in [0.1, 0.15) is 12.8 Å². The zero-order valence-corrected chi connectivity index (χ0v) is 7.13. The summed E-state index contributed by atoms with van der Waals surface area (Å²) in [6.45, 7) is 0.949. The fourth-order valence-corrected chi connectivity index (χ4v) is 1.49. The van der Waals surface area contributed by atoms with E-state index in [2.05, 4.69) is 19.0 Å². The number of nitrogens with zero attached hydrogens (tertiary/aromatic N) is 1. The first-order valence-electron chi connectivity index (χ1n) is 3.89. The minimum Gasteiger partial charge on any atom is -0.384 e. The van der Waals surface area contributed by atoms with Crippen molar-refractivity contribution in [2.45, 2.75) is 18.9 Å². The van der Waals surface area contributed by atoms with E-state index in [1.54, 1.807) is 7.11 Å². The molecule has 0 aromatic heterocycles. The molecule has 1 aliphatic rings. The summed E-state index contributed by atoms with van der Waals surface area (Å²) in [7, 11) is 6.07. The lowest BCUT2D eigenvalue weighted by Gasteiger charge is -2.39. The smallest absolute Gasteiger partial charge is 0.0491 e. The molecule has 1 fully saturated rings. The van der Waals surface area contributed by atoms with Crippen LogP contribution in [0.3, 0.4) is 0 Å². The van der Waals surface area contributed by atoms with Gasteiger partial charge in [-0.2, -0.15) is 0 Å². The molecule has 0 saturated heterocycles. The summed E-state index contributed by atoms with van der Waals surface area (Å²) in [5.74, 6) is 0.831. The van der Waals surface area contributed by atoms with Gasteiger partial charge in [0.25, 0.3) is 0 Å². The SMILES string of the molecule is COCC1CC(N(C)C)C1. The highest BCUT2D eigenvalue weighted by atomic mass is 16.5. The monoisotopic (exact) mass is 143 g/mol. The molecule has 2 nitrogen and oxygen atoms in total. The quantitative estimate of drug-likeness (QED) is 0.584. The van der Waals surface area contributed by atoms with Gasteiger partial charge in [0.2, 0.25) is 0 Å². The van der Waals surface area contributed by atoms with Crippen LogP contribution in [0.5, 0.6) is 0 Å². The third kappa shape index (κ3) is 1.70. The minimum absolute atomic E-state index is 0.820. The molecule has 0 N–H and O–H groups in total. The molecule has 0 spiro atoms. The van der Waals surface area contributed by atoms with Crippen LogP contribution < -0.4 is 0 Å². The summed E-state index contributed by atoms with van der Waals surface area (Å²) >= 11 is 0. The summed E-state index contributed by atoms with van der Waals surface area (Å²) in [6.07, 6.45) is 2.64. The Labute approximate surface area is 63.2 Å². The second-order valence-corrected chi connectivity index (χ2v) is 3.41. The van der Waals surface area contributed by atoms with Crippen LogP contribution in [0.4, 0.5) is 0 Å². The lowest BCUT2D eigenvalue weighted by molar-refractivity contribution is 0.0519. The van der Waals surface area contributed by atoms with E-state index in [0.717, 1.165) is 18.6 Å². The molecule has 0 heterocycles. The van der Waals surface area contributed by atoms with Gasteiger partial charge in [0.15, 0.2) is 0 Å². The predicted octanol–water partition coefficient (Wildman–Crippen LogP) is 0.973. The van der Waals surface area contributed by atoms with Gasteiger partial charge in [0.05, 0.1) is 0 Å². The molecule has 0 unspecified atom stereocenters. The zero-order valence-electron chi connectivity index (χ0n) is 7.13. The first-order valence-corrected chi connectivity index (χ1v) is 3.89. The molecule has 60 valence electrons. The number of methoxy groups -OCH3 is 1. The van der Waals surface area contributed by atoms with Gasteiger partial charge in [-0.25, -0.2) is 0 Å². The molecule has 1 saturated carbocycles. The van der Waals surface area contributed by atoms with E-state index in [9.17, 15) is 0 Å². The maximum atomic E-state index is 5.06. The Morgan fingerprint density at radius 2 is 2.00 bits per heavy atom. The van der Waals surface area contributed by atoms with Gasteiger partial charge in [0.1, 0.15) is 0 Å². The minimum atomic E-state index is 0.820. The normalized spacial score (nSPS) is 32.4. The Bertz CT molecular complexity index is 97.4. The predicted molar refractivity (Wildman–Crippen MR) is 42.1 cm³/mol. The summed E-state index contributed by atoms with van der Waals surface area (Å²) in [4.78, 5) is 2.30. The fraction of sp³-hybridized carbons (Fsp3) is 1.00. The van der Waals surface area contributed by atoms with Gasteiger partial charge < -0.3 is 9.64 Å². The largest absolute Gasteiger partial charge is 0.384 e. The van der Waals surface area contributed by atoms with E-state index in [0.29, 0.717) is 0 Å². The van der Waals surface area contributed by atoms with E-state index in [-0.39, 0.29) is 0 Å². The average Bonchev–Trinajstić information content (AvgIpc) is 1.76. The molecule has 2 heteroatoms. The van der Waals surface area contributed by atoms with E-state index < -0.39 is 0 Å².